The third-order valence-corrected chi connectivity index (χ3v) is 3.97. The van der Waals surface area contributed by atoms with E-state index in [4.69, 9.17) is 4.74 Å². The van der Waals surface area contributed by atoms with Crippen molar-refractivity contribution in [3.05, 3.63) is 103 Å². The topological polar surface area (TPSA) is 59.9 Å². The van der Waals surface area contributed by atoms with Gasteiger partial charge in [0.15, 0.2) is 0 Å². The van der Waals surface area contributed by atoms with Crippen LogP contribution in [0, 0.1) is 12.1 Å². The summed E-state index contributed by atoms with van der Waals surface area (Å²) in [5, 5.41) is 3.37. The molecule has 0 spiro atoms. The van der Waals surface area contributed by atoms with E-state index in [9.17, 15) is 0 Å². The predicted molar refractivity (Wildman–Crippen MR) is 106 cm³/mol. The summed E-state index contributed by atoms with van der Waals surface area (Å²) in [6.07, 6.45) is 3.47. The first-order valence-electron chi connectivity index (χ1n) is 8.96. The van der Waals surface area contributed by atoms with E-state index < -0.39 is 0 Å². The van der Waals surface area contributed by atoms with Crippen LogP contribution in [0.4, 0.5) is 0 Å². The minimum Gasteiger partial charge on any atom is -0.466 e. The Labute approximate surface area is 183 Å². The Morgan fingerprint density at radius 2 is 1.66 bits per heavy atom. The molecule has 3 heterocycles. The van der Waals surface area contributed by atoms with E-state index in [1.807, 2.05) is 60.7 Å². The zero-order chi connectivity index (χ0) is 19.0. The molecule has 0 bridgehead atoms. The fourth-order valence-corrected chi connectivity index (χ4v) is 2.68. The van der Waals surface area contributed by atoms with Gasteiger partial charge in [0, 0.05) is 50.7 Å². The van der Waals surface area contributed by atoms with Crippen LogP contribution in [0.5, 0.6) is 11.6 Å². The van der Waals surface area contributed by atoms with Crippen LogP contribution in [0.25, 0.3) is 11.3 Å². The van der Waals surface area contributed by atoms with E-state index in [-0.39, 0.29) is 20.1 Å². The fourth-order valence-electron chi connectivity index (χ4n) is 2.68. The first-order chi connectivity index (χ1) is 13.9. The Balaban J connectivity index is 0.00000240. The van der Waals surface area contributed by atoms with Gasteiger partial charge in [0.1, 0.15) is 0 Å². The molecule has 6 heteroatoms. The molecular formula is C23H18IrN4O-2. The van der Waals surface area contributed by atoms with Gasteiger partial charge < -0.3 is 15.0 Å². The van der Waals surface area contributed by atoms with Gasteiger partial charge in [-0.25, -0.2) is 4.98 Å². The summed E-state index contributed by atoms with van der Waals surface area (Å²) in [5.41, 5.74) is 3.58. The number of para-hydroxylation sites is 1. The van der Waals surface area contributed by atoms with Gasteiger partial charge in [-0.05, 0) is 17.8 Å². The number of hydrogen-bond acceptors (Lipinski definition) is 5. The second-order valence-corrected chi connectivity index (χ2v) is 6.07. The van der Waals surface area contributed by atoms with Gasteiger partial charge in [0.05, 0.1) is 5.69 Å². The average molecular weight is 559 g/mol. The minimum atomic E-state index is 0. The Hall–Kier alpha value is -2.92. The zero-order valence-electron chi connectivity index (χ0n) is 15.5. The molecule has 0 unspecified atom stereocenters. The van der Waals surface area contributed by atoms with Gasteiger partial charge in [-0.3, -0.25) is 4.98 Å². The molecule has 0 atom stereocenters. The Morgan fingerprint density at radius 3 is 2.41 bits per heavy atom. The molecule has 0 aliphatic heterocycles. The van der Waals surface area contributed by atoms with Gasteiger partial charge in [-0.2, -0.15) is 18.2 Å². The van der Waals surface area contributed by atoms with Crippen LogP contribution in [0.1, 0.15) is 11.4 Å². The molecule has 0 fully saturated rings. The third-order valence-electron chi connectivity index (χ3n) is 3.97. The van der Waals surface area contributed by atoms with Crippen LogP contribution in [-0.2, 0) is 33.2 Å². The zero-order valence-corrected chi connectivity index (χ0v) is 17.9. The van der Waals surface area contributed by atoms with E-state index in [2.05, 4.69) is 32.4 Å². The van der Waals surface area contributed by atoms with Crippen molar-refractivity contribution in [1.82, 2.24) is 20.3 Å². The van der Waals surface area contributed by atoms with Gasteiger partial charge in [0.25, 0.3) is 0 Å². The van der Waals surface area contributed by atoms with Gasteiger partial charge >= 0.3 is 0 Å². The molecule has 0 amide bonds. The number of nitrogens with one attached hydrogen (secondary N) is 1. The SMILES string of the molecule is [Ir].[c-]1ccccc1Oc1cccc(CNCc2cccc(-c3[c-]ccnc3)n2)n1. The molecule has 29 heavy (non-hydrogen) atoms. The third kappa shape index (κ3) is 6.03. The molecule has 3 aromatic heterocycles. The Kier molecular flexibility index (Phi) is 7.59. The second-order valence-electron chi connectivity index (χ2n) is 6.07. The molecule has 4 aromatic rings. The van der Waals surface area contributed by atoms with E-state index in [1.165, 1.54) is 0 Å². The summed E-state index contributed by atoms with van der Waals surface area (Å²) in [6, 6.07) is 27.1. The van der Waals surface area contributed by atoms with Gasteiger partial charge in [-0.1, -0.05) is 30.6 Å². The van der Waals surface area contributed by atoms with Gasteiger partial charge in [-0.15, -0.1) is 29.8 Å². The minimum absolute atomic E-state index is 0. The molecule has 1 radical (unpaired) electrons. The van der Waals surface area contributed by atoms with E-state index in [0.29, 0.717) is 24.7 Å². The first-order valence-corrected chi connectivity index (χ1v) is 8.96. The quantitative estimate of drug-likeness (QED) is 0.345. The van der Waals surface area contributed by atoms with Crippen LogP contribution < -0.4 is 10.1 Å². The van der Waals surface area contributed by atoms with E-state index >= 15 is 0 Å². The summed E-state index contributed by atoms with van der Waals surface area (Å²) in [7, 11) is 0. The van der Waals surface area contributed by atoms with Crippen molar-refractivity contribution in [2.75, 3.05) is 0 Å². The molecular weight excluding hydrogens is 540 g/mol. The maximum atomic E-state index is 5.73. The number of benzene rings is 1. The first kappa shape index (κ1) is 20.8. The monoisotopic (exact) mass is 559 g/mol. The van der Waals surface area contributed by atoms with Crippen molar-refractivity contribution < 1.29 is 24.8 Å². The summed E-state index contributed by atoms with van der Waals surface area (Å²) in [6.45, 7) is 1.24. The van der Waals surface area contributed by atoms with Crippen molar-refractivity contribution in [2.45, 2.75) is 13.1 Å². The van der Waals surface area contributed by atoms with E-state index in [0.717, 1.165) is 22.6 Å². The fraction of sp³-hybridized carbons (Fsp3) is 0.0870. The number of rotatable bonds is 7. The van der Waals surface area contributed by atoms with Crippen molar-refractivity contribution in [3.63, 3.8) is 0 Å². The van der Waals surface area contributed by atoms with Crippen LogP contribution in [0.15, 0.2) is 79.1 Å². The smallest absolute Gasteiger partial charge is 0.216 e. The van der Waals surface area contributed by atoms with Crippen molar-refractivity contribution in [1.29, 1.82) is 0 Å². The molecule has 0 aliphatic rings. The number of nitrogens with zero attached hydrogens (tertiary/aromatic N) is 3. The number of hydrogen-bond donors (Lipinski definition) is 1. The summed E-state index contributed by atoms with van der Waals surface area (Å²) < 4.78 is 5.73. The van der Waals surface area contributed by atoms with E-state index in [1.54, 1.807) is 18.5 Å². The largest absolute Gasteiger partial charge is 0.466 e. The van der Waals surface area contributed by atoms with Crippen LogP contribution >= 0.6 is 0 Å². The normalized spacial score (nSPS) is 10.2. The standard InChI is InChI=1S/C23H18N4O.Ir/c1-2-10-21(11-3-1)28-23-13-5-9-20(27-23)17-25-16-19-8-4-12-22(26-19)18-7-6-14-24-15-18;/h1-6,8-10,12-15,25H,16-17H2;/q-2;. The van der Waals surface area contributed by atoms with Crippen molar-refractivity contribution in [3.8, 4) is 22.9 Å². The maximum absolute atomic E-state index is 5.73. The van der Waals surface area contributed by atoms with Crippen LogP contribution in [0.2, 0.25) is 0 Å². The maximum Gasteiger partial charge on any atom is 0.216 e. The molecule has 5 nitrogen and oxygen atoms in total. The number of aromatic nitrogens is 3. The number of ether oxygens (including phenoxy) is 1. The molecule has 0 aliphatic carbocycles. The molecule has 1 aromatic carbocycles. The van der Waals surface area contributed by atoms with Crippen molar-refractivity contribution in [2.24, 2.45) is 0 Å². The van der Waals surface area contributed by atoms with Gasteiger partial charge in [0.2, 0.25) is 5.88 Å². The van der Waals surface area contributed by atoms with Crippen molar-refractivity contribution >= 4 is 0 Å². The molecule has 1 N–H and O–H groups in total. The Bertz CT molecular complexity index is 1030. The van der Waals surface area contributed by atoms with Crippen LogP contribution in [-0.4, -0.2) is 15.0 Å². The molecule has 4 rings (SSSR count). The summed E-state index contributed by atoms with van der Waals surface area (Å²) in [5.74, 6) is 1.20. The Morgan fingerprint density at radius 1 is 0.828 bits per heavy atom. The van der Waals surface area contributed by atoms with Crippen LogP contribution in [0.3, 0.4) is 0 Å². The summed E-state index contributed by atoms with van der Waals surface area (Å²) in [4.78, 5) is 13.3. The molecule has 147 valence electrons. The second kappa shape index (κ2) is 10.6. The predicted octanol–water partition coefficient (Wildman–Crippen LogP) is 4.22. The molecule has 0 saturated carbocycles. The number of pyridine rings is 3. The summed E-state index contributed by atoms with van der Waals surface area (Å²) >= 11 is 0. The molecule has 0 saturated heterocycles. The average Bonchev–Trinajstić information content (AvgIpc) is 2.76.